The quantitative estimate of drug-likeness (QED) is 0.559. The van der Waals surface area contributed by atoms with Gasteiger partial charge in [0.2, 0.25) is 0 Å². The summed E-state index contributed by atoms with van der Waals surface area (Å²) in [5.41, 5.74) is 1.14. The summed E-state index contributed by atoms with van der Waals surface area (Å²) in [6, 6.07) is 13.0. The van der Waals surface area contributed by atoms with Crippen LogP contribution in [0, 0.1) is 5.82 Å². The number of ether oxygens (including phenoxy) is 1. The first kappa shape index (κ1) is 18.3. The number of amides is 2. The van der Waals surface area contributed by atoms with Crippen molar-refractivity contribution in [2.24, 2.45) is 0 Å². The molecule has 0 saturated carbocycles. The van der Waals surface area contributed by atoms with E-state index in [0.717, 1.165) is 12.1 Å². The second-order valence-corrected chi connectivity index (χ2v) is 6.83. The van der Waals surface area contributed by atoms with Gasteiger partial charge >= 0.3 is 0 Å². The molecule has 0 bridgehead atoms. The summed E-state index contributed by atoms with van der Waals surface area (Å²) < 4.78 is 18.9. The normalized spacial score (nSPS) is 12.2. The van der Waals surface area contributed by atoms with E-state index in [2.05, 4.69) is 10.6 Å². The lowest BCUT2D eigenvalue weighted by atomic mass is 10.1. The van der Waals surface area contributed by atoms with Crippen molar-refractivity contribution in [1.82, 2.24) is 0 Å². The van der Waals surface area contributed by atoms with Gasteiger partial charge in [0.1, 0.15) is 11.6 Å². The number of hydrogen-bond donors (Lipinski definition) is 2. The molecule has 1 aliphatic rings. The zero-order chi connectivity index (χ0) is 19.8. The average molecular weight is 417 g/mol. The van der Waals surface area contributed by atoms with E-state index in [1.165, 1.54) is 12.1 Å². The number of carbonyl (C=O) groups is 2. The number of hydrogen-bond acceptors (Lipinski definition) is 3. The fourth-order valence-corrected chi connectivity index (χ4v) is 3.17. The van der Waals surface area contributed by atoms with Crippen molar-refractivity contribution in [3.8, 4) is 11.5 Å². The van der Waals surface area contributed by atoms with Crippen molar-refractivity contribution in [3.05, 3.63) is 81.6 Å². The largest absolute Gasteiger partial charge is 0.454 e. The topological polar surface area (TPSA) is 67.4 Å². The number of carbonyl (C=O) groups excluding carboxylic acids is 2. The van der Waals surface area contributed by atoms with Crippen LogP contribution in [0.15, 0.2) is 54.6 Å². The van der Waals surface area contributed by atoms with Crippen LogP contribution in [-0.2, 0) is 0 Å². The number of halogens is 3. The van der Waals surface area contributed by atoms with Crippen molar-refractivity contribution in [3.63, 3.8) is 0 Å². The van der Waals surface area contributed by atoms with Crippen LogP contribution in [-0.4, -0.2) is 11.8 Å². The Hall–Kier alpha value is -3.09. The summed E-state index contributed by atoms with van der Waals surface area (Å²) in [6.07, 6.45) is 0. The van der Waals surface area contributed by atoms with Crippen molar-refractivity contribution < 1.29 is 18.7 Å². The smallest absolute Gasteiger partial charge is 0.259 e. The van der Waals surface area contributed by atoms with E-state index in [4.69, 9.17) is 27.9 Å². The van der Waals surface area contributed by atoms with E-state index in [1.54, 1.807) is 30.3 Å². The molecule has 0 spiro atoms. The first-order valence-electron chi connectivity index (χ1n) is 8.10. The summed E-state index contributed by atoms with van der Waals surface area (Å²) in [6.45, 7) is 0. The van der Waals surface area contributed by atoms with Crippen LogP contribution in [0.3, 0.4) is 0 Å². The van der Waals surface area contributed by atoms with Gasteiger partial charge < -0.3 is 15.4 Å². The van der Waals surface area contributed by atoms with Gasteiger partial charge in [-0.05, 0) is 54.6 Å². The molecule has 140 valence electrons. The average Bonchev–Trinajstić information content (AvgIpc) is 2.77. The summed E-state index contributed by atoms with van der Waals surface area (Å²) in [5.74, 6) is -0.704. The van der Waals surface area contributed by atoms with E-state index in [1.807, 2.05) is 0 Å². The Morgan fingerprint density at radius 1 is 1.00 bits per heavy atom. The third kappa shape index (κ3) is 3.52. The van der Waals surface area contributed by atoms with Gasteiger partial charge in [0.05, 0.1) is 21.8 Å². The lowest BCUT2D eigenvalue weighted by molar-refractivity contribution is 0.101. The van der Waals surface area contributed by atoms with Gasteiger partial charge in [0, 0.05) is 10.7 Å². The molecule has 0 unspecified atom stereocenters. The third-order valence-corrected chi connectivity index (χ3v) is 4.62. The number of fused-ring (bicyclic) bond motifs is 2. The standard InChI is InChI=1S/C20H11Cl2FN2O3/c21-10-1-5-18-16(7-10)25-20(27)14-9-12(3-6-17(14)28-18)24-19(26)13-4-2-11(23)8-15(13)22/h1-9H,(H,24,26)(H,25,27). The maximum absolute atomic E-state index is 13.2. The van der Waals surface area contributed by atoms with Gasteiger partial charge in [-0.3, -0.25) is 9.59 Å². The van der Waals surface area contributed by atoms with E-state index in [0.29, 0.717) is 27.9 Å². The summed E-state index contributed by atoms with van der Waals surface area (Å²) in [5, 5.41) is 5.80. The van der Waals surface area contributed by atoms with Crippen LogP contribution >= 0.6 is 23.2 Å². The lowest BCUT2D eigenvalue weighted by Crippen LogP contribution is -2.14. The van der Waals surface area contributed by atoms with E-state index in [9.17, 15) is 14.0 Å². The molecule has 3 aromatic carbocycles. The SMILES string of the molecule is O=C(Nc1ccc2c(c1)C(=O)Nc1cc(Cl)ccc1O2)c1ccc(F)cc1Cl. The molecule has 0 fully saturated rings. The molecule has 1 heterocycles. The molecule has 0 aromatic heterocycles. The summed E-state index contributed by atoms with van der Waals surface area (Å²) in [7, 11) is 0. The molecule has 1 aliphatic heterocycles. The predicted octanol–water partition coefficient (Wildman–Crippen LogP) is 5.74. The molecule has 2 N–H and O–H groups in total. The van der Waals surface area contributed by atoms with Crippen LogP contribution in [0.4, 0.5) is 15.8 Å². The molecule has 2 amide bonds. The van der Waals surface area contributed by atoms with E-state index < -0.39 is 17.6 Å². The maximum atomic E-state index is 13.2. The second kappa shape index (κ2) is 7.14. The highest BCUT2D eigenvalue weighted by molar-refractivity contribution is 6.34. The molecule has 3 aromatic rings. The molecule has 0 atom stereocenters. The third-order valence-electron chi connectivity index (χ3n) is 4.07. The zero-order valence-electron chi connectivity index (χ0n) is 14.1. The minimum atomic E-state index is -0.542. The van der Waals surface area contributed by atoms with Crippen LogP contribution in [0.1, 0.15) is 20.7 Å². The monoisotopic (exact) mass is 416 g/mol. The Kier molecular flexibility index (Phi) is 4.66. The minimum absolute atomic E-state index is 0.0133. The second-order valence-electron chi connectivity index (χ2n) is 5.99. The molecule has 28 heavy (non-hydrogen) atoms. The minimum Gasteiger partial charge on any atom is -0.454 e. The van der Waals surface area contributed by atoms with Gasteiger partial charge in [0.15, 0.2) is 5.75 Å². The zero-order valence-corrected chi connectivity index (χ0v) is 15.6. The molecule has 8 heteroatoms. The number of nitrogens with one attached hydrogen (secondary N) is 2. The van der Waals surface area contributed by atoms with Crippen LogP contribution < -0.4 is 15.4 Å². The highest BCUT2D eigenvalue weighted by atomic mass is 35.5. The molecule has 0 saturated heterocycles. The Balaban J connectivity index is 1.63. The molecule has 4 rings (SSSR count). The number of benzene rings is 3. The Bertz CT molecular complexity index is 1130. The van der Waals surface area contributed by atoms with Gasteiger partial charge in [-0.15, -0.1) is 0 Å². The highest BCUT2D eigenvalue weighted by Gasteiger charge is 2.22. The Morgan fingerprint density at radius 3 is 2.57 bits per heavy atom. The van der Waals surface area contributed by atoms with Crippen LogP contribution in [0.5, 0.6) is 11.5 Å². The Morgan fingerprint density at radius 2 is 1.79 bits per heavy atom. The summed E-state index contributed by atoms with van der Waals surface area (Å²) >= 11 is 11.9. The molecule has 0 aliphatic carbocycles. The molecular weight excluding hydrogens is 406 g/mol. The van der Waals surface area contributed by atoms with Crippen molar-refractivity contribution in [2.45, 2.75) is 0 Å². The fourth-order valence-electron chi connectivity index (χ4n) is 2.74. The first-order valence-corrected chi connectivity index (χ1v) is 8.85. The van der Waals surface area contributed by atoms with Crippen LogP contribution in [0.2, 0.25) is 10.0 Å². The van der Waals surface area contributed by atoms with Crippen molar-refractivity contribution >= 4 is 46.4 Å². The maximum Gasteiger partial charge on any atom is 0.259 e. The van der Waals surface area contributed by atoms with Gasteiger partial charge in [0.25, 0.3) is 11.8 Å². The van der Waals surface area contributed by atoms with Gasteiger partial charge in [-0.25, -0.2) is 4.39 Å². The number of rotatable bonds is 2. The van der Waals surface area contributed by atoms with Gasteiger partial charge in [-0.1, -0.05) is 23.2 Å². The predicted molar refractivity (Wildman–Crippen MR) is 105 cm³/mol. The Labute approximate surface area is 169 Å². The lowest BCUT2D eigenvalue weighted by Gasteiger charge is -2.10. The number of anilines is 2. The van der Waals surface area contributed by atoms with Crippen molar-refractivity contribution in [1.29, 1.82) is 0 Å². The first-order chi connectivity index (χ1) is 13.4. The van der Waals surface area contributed by atoms with Crippen LogP contribution in [0.25, 0.3) is 0 Å². The van der Waals surface area contributed by atoms with E-state index >= 15 is 0 Å². The highest BCUT2D eigenvalue weighted by Crippen LogP contribution is 2.38. The van der Waals surface area contributed by atoms with Gasteiger partial charge in [-0.2, -0.15) is 0 Å². The fraction of sp³-hybridized carbons (Fsp3) is 0. The van der Waals surface area contributed by atoms with Crippen molar-refractivity contribution in [2.75, 3.05) is 10.6 Å². The molecule has 5 nitrogen and oxygen atoms in total. The summed E-state index contributed by atoms with van der Waals surface area (Å²) in [4.78, 5) is 25.0. The molecular formula is C20H11Cl2FN2O3. The van der Waals surface area contributed by atoms with E-state index in [-0.39, 0.29) is 16.1 Å². The molecule has 0 radical (unpaired) electrons.